The van der Waals surface area contributed by atoms with E-state index in [9.17, 15) is 10.1 Å². The lowest BCUT2D eigenvalue weighted by Crippen LogP contribution is -2.12. The highest BCUT2D eigenvalue weighted by Gasteiger charge is 2.32. The first kappa shape index (κ1) is 20.7. The van der Waals surface area contributed by atoms with Crippen molar-refractivity contribution in [2.75, 3.05) is 10.6 Å². The number of fused-ring (bicyclic) bond motifs is 2. The minimum absolute atomic E-state index is 0.0491. The molecule has 7 heteroatoms. The highest BCUT2D eigenvalue weighted by Crippen LogP contribution is 2.45. The fraction of sp³-hybridized carbons (Fsp3) is 0.0357. The molecular formula is C28H21N5O2. The van der Waals surface area contributed by atoms with Crippen LogP contribution < -0.4 is 10.6 Å². The van der Waals surface area contributed by atoms with Gasteiger partial charge < -0.3 is 10.6 Å². The van der Waals surface area contributed by atoms with Crippen molar-refractivity contribution in [2.45, 2.75) is 6.04 Å². The Hall–Kier alpha value is -4.91. The summed E-state index contributed by atoms with van der Waals surface area (Å²) in [6, 6.07) is 34.3. The number of nitro benzene ring substituents is 1. The van der Waals surface area contributed by atoms with E-state index >= 15 is 0 Å². The lowest BCUT2D eigenvalue weighted by atomic mass is 9.95. The van der Waals surface area contributed by atoms with Crippen molar-refractivity contribution >= 4 is 22.9 Å². The van der Waals surface area contributed by atoms with E-state index in [0.29, 0.717) is 0 Å². The molecule has 0 fully saturated rings. The van der Waals surface area contributed by atoms with Crippen molar-refractivity contribution in [1.82, 2.24) is 9.78 Å². The first-order chi connectivity index (χ1) is 17.2. The van der Waals surface area contributed by atoms with Gasteiger partial charge in [-0.3, -0.25) is 10.1 Å². The SMILES string of the molecule is O=[N+]([O-])c1cccc([C@H]2Nc3ccccc3Nc3c2c(-c2ccccc2)nn3-c2ccccc2)c1. The van der Waals surface area contributed by atoms with Gasteiger partial charge in [-0.25, -0.2) is 4.68 Å². The molecule has 2 heterocycles. The molecular weight excluding hydrogens is 438 g/mol. The van der Waals surface area contributed by atoms with Gasteiger partial charge in [-0.15, -0.1) is 0 Å². The predicted molar refractivity (Wildman–Crippen MR) is 137 cm³/mol. The number of non-ortho nitro benzene ring substituents is 1. The van der Waals surface area contributed by atoms with Gasteiger partial charge in [-0.05, 0) is 29.8 Å². The summed E-state index contributed by atoms with van der Waals surface area (Å²) in [4.78, 5) is 11.2. The van der Waals surface area contributed by atoms with E-state index in [0.717, 1.165) is 45.3 Å². The molecule has 7 nitrogen and oxygen atoms in total. The molecule has 0 saturated heterocycles. The van der Waals surface area contributed by atoms with Gasteiger partial charge in [0.1, 0.15) is 11.5 Å². The van der Waals surface area contributed by atoms with Crippen LogP contribution in [0, 0.1) is 10.1 Å². The standard InChI is InChI=1S/C28H21N5O2/c34-33(35)22-15-9-12-20(18-22)26-25-27(19-10-3-1-4-11-19)31-32(21-13-5-2-6-14-21)28(25)30-24-17-8-7-16-23(24)29-26/h1-18,26,29-30H/t26-/m1/s1. The number of para-hydroxylation sites is 3. The molecule has 35 heavy (non-hydrogen) atoms. The van der Waals surface area contributed by atoms with E-state index in [1.165, 1.54) is 6.07 Å². The number of hydrogen-bond acceptors (Lipinski definition) is 5. The maximum atomic E-state index is 11.6. The van der Waals surface area contributed by atoms with E-state index in [2.05, 4.69) is 10.6 Å². The van der Waals surface area contributed by atoms with Crippen molar-refractivity contribution in [3.63, 3.8) is 0 Å². The average molecular weight is 460 g/mol. The van der Waals surface area contributed by atoms with Gasteiger partial charge in [-0.1, -0.05) is 72.8 Å². The van der Waals surface area contributed by atoms with E-state index in [-0.39, 0.29) is 16.7 Å². The number of nitrogens with one attached hydrogen (secondary N) is 2. The van der Waals surface area contributed by atoms with Crippen LogP contribution in [0.1, 0.15) is 17.2 Å². The van der Waals surface area contributed by atoms with Gasteiger partial charge in [0.15, 0.2) is 0 Å². The molecule has 4 aromatic carbocycles. The number of anilines is 3. The van der Waals surface area contributed by atoms with Crippen LogP contribution in [0.2, 0.25) is 0 Å². The predicted octanol–water partition coefficient (Wildman–Crippen LogP) is 6.71. The molecule has 0 saturated carbocycles. The van der Waals surface area contributed by atoms with Gasteiger partial charge in [-0.2, -0.15) is 5.10 Å². The minimum atomic E-state index is -0.381. The first-order valence-electron chi connectivity index (χ1n) is 11.3. The van der Waals surface area contributed by atoms with E-state index in [1.54, 1.807) is 12.1 Å². The van der Waals surface area contributed by atoms with Gasteiger partial charge >= 0.3 is 0 Å². The van der Waals surface area contributed by atoms with E-state index in [4.69, 9.17) is 5.10 Å². The molecule has 0 unspecified atom stereocenters. The third kappa shape index (κ3) is 3.69. The largest absolute Gasteiger partial charge is 0.372 e. The summed E-state index contributed by atoms with van der Waals surface area (Å²) in [5, 5.41) is 23.9. The molecule has 0 spiro atoms. The summed E-state index contributed by atoms with van der Waals surface area (Å²) < 4.78 is 1.91. The quantitative estimate of drug-likeness (QED) is 0.231. The van der Waals surface area contributed by atoms with Gasteiger partial charge in [0.25, 0.3) is 5.69 Å². The summed E-state index contributed by atoms with van der Waals surface area (Å²) in [5.41, 5.74) is 6.22. The Kier molecular flexibility index (Phi) is 5.00. The maximum absolute atomic E-state index is 11.6. The average Bonchev–Trinajstić information content (AvgIpc) is 3.18. The van der Waals surface area contributed by atoms with Gasteiger partial charge in [0, 0.05) is 23.3 Å². The molecule has 0 aliphatic carbocycles. The summed E-state index contributed by atoms with van der Waals surface area (Å²) in [6.45, 7) is 0. The fourth-order valence-electron chi connectivity index (χ4n) is 4.53. The zero-order valence-corrected chi connectivity index (χ0v) is 18.6. The molecule has 0 bridgehead atoms. The van der Waals surface area contributed by atoms with Crippen molar-refractivity contribution in [3.8, 4) is 16.9 Å². The number of hydrogen-bond donors (Lipinski definition) is 2. The Bertz CT molecular complexity index is 1530. The topological polar surface area (TPSA) is 85.0 Å². The lowest BCUT2D eigenvalue weighted by molar-refractivity contribution is -0.384. The normalized spacial score (nSPS) is 14.1. The Morgan fingerprint density at radius 2 is 1.49 bits per heavy atom. The molecule has 1 aromatic heterocycles. The third-order valence-electron chi connectivity index (χ3n) is 6.15. The van der Waals surface area contributed by atoms with Crippen LogP contribution in [0.5, 0.6) is 0 Å². The van der Waals surface area contributed by atoms with Crippen LogP contribution >= 0.6 is 0 Å². The van der Waals surface area contributed by atoms with Crippen LogP contribution in [-0.2, 0) is 0 Å². The highest BCUT2D eigenvalue weighted by molar-refractivity contribution is 5.84. The number of nitro groups is 1. The molecule has 5 aromatic rings. The number of nitrogens with zero attached hydrogens (tertiary/aromatic N) is 3. The van der Waals surface area contributed by atoms with Crippen LogP contribution in [-0.4, -0.2) is 14.7 Å². The molecule has 1 aliphatic rings. The van der Waals surface area contributed by atoms with Crippen molar-refractivity contribution < 1.29 is 4.92 Å². The third-order valence-corrected chi connectivity index (χ3v) is 6.15. The van der Waals surface area contributed by atoms with Crippen LogP contribution in [0.15, 0.2) is 109 Å². The molecule has 1 atom stereocenters. The van der Waals surface area contributed by atoms with Crippen molar-refractivity contribution in [2.24, 2.45) is 0 Å². The zero-order chi connectivity index (χ0) is 23.8. The van der Waals surface area contributed by atoms with E-state index in [1.807, 2.05) is 95.7 Å². The molecule has 170 valence electrons. The number of aromatic nitrogens is 2. The summed E-state index contributed by atoms with van der Waals surface area (Å²) in [6.07, 6.45) is 0. The van der Waals surface area contributed by atoms with Gasteiger partial charge in [0.05, 0.1) is 28.0 Å². The molecule has 0 amide bonds. The smallest absolute Gasteiger partial charge is 0.269 e. The molecule has 1 aliphatic heterocycles. The Morgan fingerprint density at radius 1 is 0.800 bits per heavy atom. The monoisotopic (exact) mass is 459 g/mol. The zero-order valence-electron chi connectivity index (χ0n) is 18.6. The maximum Gasteiger partial charge on any atom is 0.269 e. The molecule has 2 N–H and O–H groups in total. The van der Waals surface area contributed by atoms with Crippen LogP contribution in [0.3, 0.4) is 0 Å². The number of rotatable bonds is 4. The Balaban J connectivity index is 1.66. The summed E-state index contributed by atoms with van der Waals surface area (Å²) in [5.74, 6) is 0.809. The Morgan fingerprint density at radius 3 is 2.23 bits per heavy atom. The molecule has 6 rings (SSSR count). The van der Waals surface area contributed by atoms with Crippen molar-refractivity contribution in [3.05, 3.63) is 130 Å². The van der Waals surface area contributed by atoms with Crippen LogP contribution in [0.4, 0.5) is 22.9 Å². The van der Waals surface area contributed by atoms with E-state index < -0.39 is 0 Å². The summed E-state index contributed by atoms with van der Waals surface area (Å²) >= 11 is 0. The van der Waals surface area contributed by atoms with Crippen LogP contribution in [0.25, 0.3) is 16.9 Å². The lowest BCUT2D eigenvalue weighted by Gasteiger charge is -2.20. The second-order valence-electron chi connectivity index (χ2n) is 8.32. The molecule has 0 radical (unpaired) electrons. The first-order valence-corrected chi connectivity index (χ1v) is 11.3. The van der Waals surface area contributed by atoms with Crippen molar-refractivity contribution in [1.29, 1.82) is 0 Å². The number of benzene rings is 4. The van der Waals surface area contributed by atoms with Gasteiger partial charge in [0.2, 0.25) is 0 Å². The fourth-order valence-corrected chi connectivity index (χ4v) is 4.53. The Labute approximate surface area is 201 Å². The second kappa shape index (κ2) is 8.46. The summed E-state index contributed by atoms with van der Waals surface area (Å²) in [7, 11) is 0. The minimum Gasteiger partial charge on any atom is -0.372 e. The highest BCUT2D eigenvalue weighted by atomic mass is 16.6. The second-order valence-corrected chi connectivity index (χ2v) is 8.32.